The highest BCUT2D eigenvalue weighted by molar-refractivity contribution is 5.80. The molecule has 4 rings (SSSR count). The summed E-state index contributed by atoms with van der Waals surface area (Å²) in [5.74, 6) is 2.20. The first-order valence-corrected chi connectivity index (χ1v) is 9.64. The molecule has 5 nitrogen and oxygen atoms in total. The van der Waals surface area contributed by atoms with Gasteiger partial charge in [0, 0.05) is 38.1 Å². The van der Waals surface area contributed by atoms with Crippen LogP contribution in [0.25, 0.3) is 0 Å². The summed E-state index contributed by atoms with van der Waals surface area (Å²) in [6.07, 6.45) is 15.1. The number of hydrogen-bond donors (Lipinski definition) is 0. The minimum Gasteiger partial charge on any atom is -0.355 e. The summed E-state index contributed by atoms with van der Waals surface area (Å²) in [6, 6.07) is 0.520. The second-order valence-corrected chi connectivity index (χ2v) is 7.63. The van der Waals surface area contributed by atoms with E-state index in [0.29, 0.717) is 11.9 Å². The van der Waals surface area contributed by atoms with Crippen molar-refractivity contribution >= 4 is 11.7 Å². The summed E-state index contributed by atoms with van der Waals surface area (Å²) in [4.78, 5) is 26.3. The Kier molecular flexibility index (Phi) is 4.67. The first kappa shape index (κ1) is 15.9. The van der Waals surface area contributed by atoms with Gasteiger partial charge in [0.15, 0.2) is 0 Å². The number of piperidine rings is 1. The Morgan fingerprint density at radius 2 is 1.83 bits per heavy atom. The van der Waals surface area contributed by atoms with E-state index < -0.39 is 0 Å². The molecule has 1 amide bonds. The van der Waals surface area contributed by atoms with Crippen molar-refractivity contribution in [2.75, 3.05) is 24.5 Å². The maximum Gasteiger partial charge on any atom is 0.227 e. The Labute approximate surface area is 144 Å². The molecule has 0 spiro atoms. The van der Waals surface area contributed by atoms with Crippen LogP contribution in [0.3, 0.4) is 0 Å². The van der Waals surface area contributed by atoms with E-state index in [9.17, 15) is 4.79 Å². The average molecular weight is 328 g/mol. The first-order valence-electron chi connectivity index (χ1n) is 9.64. The number of carbonyl (C=O) groups is 1. The molecule has 2 aliphatic heterocycles. The monoisotopic (exact) mass is 328 g/mol. The molecule has 1 aromatic heterocycles. The lowest BCUT2D eigenvalue weighted by molar-refractivity contribution is -0.137. The third kappa shape index (κ3) is 3.13. The molecular weight excluding hydrogens is 300 g/mol. The number of amides is 1. The number of rotatable bonds is 3. The number of likely N-dealkylation sites (tertiary alicyclic amines) is 1. The molecule has 0 unspecified atom stereocenters. The van der Waals surface area contributed by atoms with Crippen molar-refractivity contribution in [1.82, 2.24) is 14.9 Å². The Morgan fingerprint density at radius 1 is 1.00 bits per heavy atom. The van der Waals surface area contributed by atoms with E-state index in [-0.39, 0.29) is 5.92 Å². The molecule has 1 aromatic rings. The number of aromatic nitrogens is 2. The Morgan fingerprint density at radius 3 is 2.62 bits per heavy atom. The van der Waals surface area contributed by atoms with Crippen molar-refractivity contribution in [2.24, 2.45) is 11.8 Å². The molecule has 3 fully saturated rings. The number of carbonyl (C=O) groups excluding carboxylic acids is 1. The van der Waals surface area contributed by atoms with E-state index in [1.807, 2.05) is 6.20 Å². The largest absolute Gasteiger partial charge is 0.355 e. The van der Waals surface area contributed by atoms with E-state index in [1.165, 1.54) is 38.5 Å². The van der Waals surface area contributed by atoms with Gasteiger partial charge in [-0.05, 0) is 44.4 Å². The van der Waals surface area contributed by atoms with Crippen molar-refractivity contribution in [2.45, 2.75) is 57.4 Å². The Hall–Kier alpha value is -1.65. The summed E-state index contributed by atoms with van der Waals surface area (Å²) in [5.41, 5.74) is 0. The molecule has 0 aromatic carbocycles. The summed E-state index contributed by atoms with van der Waals surface area (Å²) in [5, 5.41) is 0. The van der Waals surface area contributed by atoms with Crippen LogP contribution in [0.15, 0.2) is 18.6 Å². The highest BCUT2D eigenvalue weighted by Crippen LogP contribution is 2.36. The second kappa shape index (κ2) is 7.08. The Balaban J connectivity index is 1.43. The van der Waals surface area contributed by atoms with Crippen molar-refractivity contribution in [3.63, 3.8) is 0 Å². The van der Waals surface area contributed by atoms with Crippen molar-refractivity contribution in [3.8, 4) is 0 Å². The summed E-state index contributed by atoms with van der Waals surface area (Å²) in [7, 11) is 0. The molecule has 0 N–H and O–H groups in total. The van der Waals surface area contributed by atoms with E-state index in [2.05, 4.69) is 19.8 Å². The van der Waals surface area contributed by atoms with Gasteiger partial charge in [0.1, 0.15) is 5.82 Å². The maximum absolute atomic E-state index is 13.2. The SMILES string of the molecule is O=C([C@H]1CCCN(c2cnccn2)C1)N1CCC[C@@H]1C1CCCC1. The molecule has 5 heteroatoms. The molecule has 0 bridgehead atoms. The quantitative estimate of drug-likeness (QED) is 0.856. The number of nitrogens with zero attached hydrogens (tertiary/aromatic N) is 4. The van der Waals surface area contributed by atoms with Gasteiger partial charge in [0.2, 0.25) is 5.91 Å². The molecule has 2 atom stereocenters. The fourth-order valence-electron chi connectivity index (χ4n) is 4.97. The molecule has 3 aliphatic rings. The summed E-state index contributed by atoms with van der Waals surface area (Å²) >= 11 is 0. The van der Waals surface area contributed by atoms with E-state index in [1.54, 1.807) is 12.4 Å². The number of hydrogen-bond acceptors (Lipinski definition) is 4. The van der Waals surface area contributed by atoms with Crippen LogP contribution < -0.4 is 4.90 Å². The smallest absolute Gasteiger partial charge is 0.227 e. The topological polar surface area (TPSA) is 49.3 Å². The molecule has 130 valence electrons. The molecule has 2 saturated heterocycles. The highest BCUT2D eigenvalue weighted by atomic mass is 16.2. The third-order valence-electron chi connectivity index (χ3n) is 6.17. The second-order valence-electron chi connectivity index (χ2n) is 7.63. The first-order chi connectivity index (χ1) is 11.8. The lowest BCUT2D eigenvalue weighted by atomic mass is 9.92. The predicted octanol–water partition coefficient (Wildman–Crippen LogP) is 2.87. The summed E-state index contributed by atoms with van der Waals surface area (Å²) < 4.78 is 0. The molecule has 1 saturated carbocycles. The van der Waals surface area contributed by atoms with E-state index >= 15 is 0 Å². The zero-order chi connectivity index (χ0) is 16.4. The van der Waals surface area contributed by atoms with Gasteiger partial charge in [-0.25, -0.2) is 4.98 Å². The number of anilines is 1. The van der Waals surface area contributed by atoms with Gasteiger partial charge in [-0.15, -0.1) is 0 Å². The Bertz CT molecular complexity index is 558. The third-order valence-corrected chi connectivity index (χ3v) is 6.17. The van der Waals surface area contributed by atoms with Crippen LogP contribution >= 0.6 is 0 Å². The maximum atomic E-state index is 13.2. The van der Waals surface area contributed by atoms with E-state index in [4.69, 9.17) is 0 Å². The molecule has 24 heavy (non-hydrogen) atoms. The van der Waals surface area contributed by atoms with Crippen LogP contribution in [0.5, 0.6) is 0 Å². The molecule has 3 heterocycles. The average Bonchev–Trinajstić information content (AvgIpc) is 3.33. The fourth-order valence-corrected chi connectivity index (χ4v) is 4.97. The van der Waals surface area contributed by atoms with Crippen LogP contribution in [0.2, 0.25) is 0 Å². The molecular formula is C19H28N4O. The normalized spacial score (nSPS) is 28.5. The van der Waals surface area contributed by atoms with Crippen molar-refractivity contribution < 1.29 is 4.79 Å². The minimum atomic E-state index is 0.128. The fraction of sp³-hybridized carbons (Fsp3) is 0.737. The van der Waals surface area contributed by atoms with Crippen LogP contribution in [0, 0.1) is 11.8 Å². The van der Waals surface area contributed by atoms with Crippen molar-refractivity contribution in [3.05, 3.63) is 18.6 Å². The van der Waals surface area contributed by atoms with Gasteiger partial charge in [0.05, 0.1) is 12.1 Å². The van der Waals surface area contributed by atoms with Gasteiger partial charge in [-0.1, -0.05) is 12.8 Å². The highest BCUT2D eigenvalue weighted by Gasteiger charge is 2.39. The summed E-state index contributed by atoms with van der Waals surface area (Å²) in [6.45, 7) is 2.75. The standard InChI is InChI=1S/C19H28N4O/c24-19(23-12-4-8-17(23)15-5-1-2-6-15)16-7-3-11-22(14-16)18-13-20-9-10-21-18/h9-10,13,15-17H,1-8,11-12,14H2/t16-,17+/m0/s1. The zero-order valence-corrected chi connectivity index (χ0v) is 14.4. The lowest BCUT2D eigenvalue weighted by Gasteiger charge is -2.37. The minimum absolute atomic E-state index is 0.128. The van der Waals surface area contributed by atoms with Crippen LogP contribution in [0.4, 0.5) is 5.82 Å². The van der Waals surface area contributed by atoms with Crippen LogP contribution in [-0.4, -0.2) is 46.5 Å². The van der Waals surface area contributed by atoms with Crippen molar-refractivity contribution in [1.29, 1.82) is 0 Å². The van der Waals surface area contributed by atoms with Gasteiger partial charge in [-0.2, -0.15) is 0 Å². The molecule has 0 radical (unpaired) electrons. The van der Waals surface area contributed by atoms with Gasteiger partial charge < -0.3 is 9.80 Å². The lowest BCUT2D eigenvalue weighted by Crippen LogP contribution is -2.48. The van der Waals surface area contributed by atoms with Gasteiger partial charge in [0.25, 0.3) is 0 Å². The molecule has 1 aliphatic carbocycles. The van der Waals surface area contributed by atoms with E-state index in [0.717, 1.165) is 44.2 Å². The zero-order valence-electron chi connectivity index (χ0n) is 14.4. The van der Waals surface area contributed by atoms with Gasteiger partial charge >= 0.3 is 0 Å². The van der Waals surface area contributed by atoms with Crippen LogP contribution in [-0.2, 0) is 4.79 Å². The predicted molar refractivity (Wildman–Crippen MR) is 93.7 cm³/mol. The van der Waals surface area contributed by atoms with Gasteiger partial charge in [-0.3, -0.25) is 9.78 Å². The van der Waals surface area contributed by atoms with Crippen LogP contribution in [0.1, 0.15) is 51.4 Å².